The molecule has 170 valence electrons. The van der Waals surface area contributed by atoms with Crippen molar-refractivity contribution in [3.63, 3.8) is 0 Å². The number of ether oxygens (including phenoxy) is 2. The summed E-state index contributed by atoms with van der Waals surface area (Å²) in [5, 5.41) is -1.07. The summed E-state index contributed by atoms with van der Waals surface area (Å²) in [6.07, 6.45) is 2.27. The maximum absolute atomic E-state index is 12.5. The van der Waals surface area contributed by atoms with Crippen LogP contribution in [0.5, 0.6) is 0 Å². The van der Waals surface area contributed by atoms with Gasteiger partial charge in [0.2, 0.25) is 0 Å². The van der Waals surface area contributed by atoms with E-state index in [1.165, 1.54) is 0 Å². The van der Waals surface area contributed by atoms with Crippen LogP contribution in [0.4, 0.5) is 0 Å². The van der Waals surface area contributed by atoms with Gasteiger partial charge in [0.25, 0.3) is 0 Å². The Morgan fingerprint density at radius 1 is 0.867 bits per heavy atom. The molecule has 2 fully saturated rings. The second kappa shape index (κ2) is 8.31. The first-order valence-electron chi connectivity index (χ1n) is 10.9. The van der Waals surface area contributed by atoms with Crippen molar-refractivity contribution in [1.82, 2.24) is 0 Å². The van der Waals surface area contributed by atoms with Gasteiger partial charge in [0.1, 0.15) is 0 Å². The van der Waals surface area contributed by atoms with Gasteiger partial charge in [-0.2, -0.15) is 0 Å². The van der Waals surface area contributed by atoms with Crippen molar-refractivity contribution in [3.05, 3.63) is 0 Å². The van der Waals surface area contributed by atoms with Crippen molar-refractivity contribution in [2.24, 2.45) is 5.92 Å². The number of hydrogen-bond acceptors (Lipinski definition) is 7. The van der Waals surface area contributed by atoms with E-state index < -0.39 is 62.0 Å². The lowest BCUT2D eigenvalue weighted by molar-refractivity contribution is -0.154. The van der Waals surface area contributed by atoms with Crippen molar-refractivity contribution in [1.29, 1.82) is 0 Å². The van der Waals surface area contributed by atoms with Gasteiger partial charge in [0, 0.05) is 10.3 Å². The molecule has 0 aromatic rings. The van der Waals surface area contributed by atoms with Gasteiger partial charge in [-0.05, 0) is 39.3 Å². The molecule has 0 spiro atoms. The second-order valence-electron chi connectivity index (χ2n) is 9.88. The highest BCUT2D eigenvalue weighted by molar-refractivity contribution is 6.86. The maximum atomic E-state index is 12.5. The standard InChI is InChI=1S/C21H36O7Si2/c1-9-20(4,29(5,6)15-13-17(23)27-19(15)25)28-30(7,8)21(10-2,11-3)14-12-16(22)26-18(14)24/h14-15H,9-13H2,1-8H3. The van der Waals surface area contributed by atoms with Crippen LogP contribution in [0, 0.1) is 5.92 Å². The van der Waals surface area contributed by atoms with Gasteiger partial charge in [-0.25, -0.2) is 0 Å². The van der Waals surface area contributed by atoms with Crippen LogP contribution < -0.4 is 0 Å². The summed E-state index contributed by atoms with van der Waals surface area (Å²) in [4.78, 5) is 48.6. The quantitative estimate of drug-likeness (QED) is 0.292. The van der Waals surface area contributed by atoms with Gasteiger partial charge in [-0.1, -0.05) is 33.9 Å². The lowest BCUT2D eigenvalue weighted by Gasteiger charge is -2.54. The monoisotopic (exact) mass is 456 g/mol. The molecule has 0 bridgehead atoms. The minimum Gasteiger partial charge on any atom is -0.414 e. The van der Waals surface area contributed by atoms with Crippen molar-refractivity contribution >= 4 is 40.3 Å². The second-order valence-corrected chi connectivity index (χ2v) is 19.3. The van der Waals surface area contributed by atoms with Crippen molar-refractivity contribution in [2.75, 3.05) is 0 Å². The molecule has 7 nitrogen and oxygen atoms in total. The molecule has 0 aromatic heterocycles. The summed E-state index contributed by atoms with van der Waals surface area (Å²) in [5.74, 6) is -2.34. The highest BCUT2D eigenvalue weighted by Gasteiger charge is 2.62. The van der Waals surface area contributed by atoms with Crippen LogP contribution in [0.1, 0.15) is 59.8 Å². The molecule has 0 saturated carbocycles. The molecule has 0 aliphatic carbocycles. The molecule has 0 N–H and O–H groups in total. The van der Waals surface area contributed by atoms with Crippen molar-refractivity contribution in [2.45, 2.75) is 102 Å². The SMILES string of the molecule is CCC(CC)(C1CC(=O)OC1=O)[Si](C)(C)OC(C)(CC)[Si](C)(C)C1CC(=O)OC1=O. The zero-order valence-electron chi connectivity index (χ0n) is 19.5. The molecule has 30 heavy (non-hydrogen) atoms. The molecular weight excluding hydrogens is 420 g/mol. The molecule has 0 amide bonds. The minimum atomic E-state index is -2.63. The zero-order chi connectivity index (χ0) is 23.1. The summed E-state index contributed by atoms with van der Waals surface area (Å²) < 4.78 is 16.8. The third-order valence-corrected chi connectivity index (χ3v) is 18.2. The predicted molar refractivity (Wildman–Crippen MR) is 117 cm³/mol. The summed E-state index contributed by atoms with van der Waals surface area (Å²) in [6.45, 7) is 16.5. The molecule has 3 unspecified atom stereocenters. The average Bonchev–Trinajstić information content (AvgIpc) is 3.16. The molecule has 2 aliphatic rings. The molecule has 3 atom stereocenters. The van der Waals surface area contributed by atoms with Crippen molar-refractivity contribution < 1.29 is 33.1 Å². The maximum Gasteiger partial charge on any atom is 0.317 e. The van der Waals surface area contributed by atoms with Crippen molar-refractivity contribution in [3.8, 4) is 0 Å². The van der Waals surface area contributed by atoms with E-state index in [9.17, 15) is 19.2 Å². The highest BCUT2D eigenvalue weighted by Crippen LogP contribution is 2.57. The van der Waals surface area contributed by atoms with E-state index >= 15 is 0 Å². The largest absolute Gasteiger partial charge is 0.414 e. The first-order valence-corrected chi connectivity index (χ1v) is 16.9. The normalized spacial score (nSPS) is 25.3. The third-order valence-electron chi connectivity index (χ3n) is 8.26. The molecule has 0 radical (unpaired) electrons. The number of hydrogen-bond donors (Lipinski definition) is 0. The van der Waals surface area contributed by atoms with Gasteiger partial charge < -0.3 is 13.9 Å². The average molecular weight is 457 g/mol. The predicted octanol–water partition coefficient (Wildman–Crippen LogP) is 4.12. The summed E-state index contributed by atoms with van der Waals surface area (Å²) in [7, 11) is -5.11. The Morgan fingerprint density at radius 2 is 1.37 bits per heavy atom. The highest BCUT2D eigenvalue weighted by atomic mass is 28.4. The fourth-order valence-corrected chi connectivity index (χ4v) is 14.7. The van der Waals surface area contributed by atoms with E-state index in [4.69, 9.17) is 13.9 Å². The Kier molecular flexibility index (Phi) is 6.91. The third kappa shape index (κ3) is 3.84. The lowest BCUT2D eigenvalue weighted by Crippen LogP contribution is -2.64. The molecule has 9 heteroatoms. The van der Waals surface area contributed by atoms with Crippen LogP contribution in [0.25, 0.3) is 0 Å². The van der Waals surface area contributed by atoms with E-state index in [0.29, 0.717) is 19.3 Å². The van der Waals surface area contributed by atoms with Crippen LogP contribution in [0.3, 0.4) is 0 Å². The Morgan fingerprint density at radius 3 is 1.73 bits per heavy atom. The molecular formula is C21H36O7Si2. The molecule has 2 saturated heterocycles. The van der Waals surface area contributed by atoms with Gasteiger partial charge in [0.15, 0.2) is 8.32 Å². The van der Waals surface area contributed by atoms with Gasteiger partial charge >= 0.3 is 23.9 Å². The smallest absolute Gasteiger partial charge is 0.317 e. The number of esters is 4. The lowest BCUT2D eigenvalue weighted by atomic mass is 9.85. The van der Waals surface area contributed by atoms with Gasteiger partial charge in [0.05, 0.1) is 32.4 Å². The summed E-state index contributed by atoms with van der Waals surface area (Å²) in [5.41, 5.74) is -0.449. The Balaban J connectivity index is 2.46. The zero-order valence-corrected chi connectivity index (χ0v) is 21.5. The summed E-state index contributed by atoms with van der Waals surface area (Å²) >= 11 is 0. The topological polar surface area (TPSA) is 96.0 Å². The van der Waals surface area contributed by atoms with E-state index in [1.807, 2.05) is 27.7 Å². The van der Waals surface area contributed by atoms with E-state index in [1.54, 1.807) is 0 Å². The molecule has 2 aliphatic heterocycles. The number of carbonyl (C=O) groups excluding carboxylic acids is 4. The number of carbonyl (C=O) groups is 4. The van der Waals surface area contributed by atoms with E-state index in [0.717, 1.165) is 0 Å². The van der Waals surface area contributed by atoms with Crippen LogP contribution in [0.2, 0.25) is 36.8 Å². The first kappa shape index (κ1) is 24.9. The van der Waals surface area contributed by atoms with Crippen LogP contribution >= 0.6 is 0 Å². The van der Waals surface area contributed by atoms with Crippen LogP contribution in [0.15, 0.2) is 0 Å². The van der Waals surface area contributed by atoms with E-state index in [-0.39, 0.29) is 12.8 Å². The first-order chi connectivity index (χ1) is 13.7. The minimum absolute atomic E-state index is 0.0907. The fourth-order valence-electron chi connectivity index (χ4n) is 5.63. The Hall–Kier alpha value is -1.33. The Bertz CT molecular complexity index is 742. The summed E-state index contributed by atoms with van der Waals surface area (Å²) in [6, 6.07) is 0. The van der Waals surface area contributed by atoms with Crippen LogP contribution in [-0.4, -0.2) is 45.5 Å². The molecule has 2 heterocycles. The van der Waals surface area contributed by atoms with Crippen LogP contribution in [-0.2, 0) is 33.1 Å². The Labute approximate surface area is 181 Å². The molecule has 0 aromatic carbocycles. The number of cyclic esters (lactones) is 4. The number of rotatable bonds is 9. The molecule has 2 rings (SSSR count). The van der Waals surface area contributed by atoms with E-state index in [2.05, 4.69) is 26.2 Å². The van der Waals surface area contributed by atoms with Gasteiger partial charge in [-0.15, -0.1) is 0 Å². The fraction of sp³-hybridized carbons (Fsp3) is 0.810. The van der Waals surface area contributed by atoms with Gasteiger partial charge in [-0.3, -0.25) is 19.2 Å².